The Hall–Kier alpha value is -1.88. The summed E-state index contributed by atoms with van der Waals surface area (Å²) in [7, 11) is 0. The van der Waals surface area contributed by atoms with E-state index in [-0.39, 0.29) is 17.2 Å². The van der Waals surface area contributed by atoms with E-state index in [0.717, 1.165) is 19.3 Å². The molecule has 0 radical (unpaired) electrons. The van der Waals surface area contributed by atoms with Crippen molar-refractivity contribution in [3.63, 3.8) is 0 Å². The van der Waals surface area contributed by atoms with E-state index in [4.69, 9.17) is 0 Å². The molecule has 1 amide bonds. The first-order valence-corrected chi connectivity index (χ1v) is 8.44. The summed E-state index contributed by atoms with van der Waals surface area (Å²) < 4.78 is 0. The molecule has 0 unspecified atom stereocenters. The number of hydrogen-bond acceptors (Lipinski definition) is 4. The summed E-state index contributed by atoms with van der Waals surface area (Å²) in [6, 6.07) is 10.3. The molecule has 2 atom stereocenters. The minimum atomic E-state index is -0.212. The van der Waals surface area contributed by atoms with Gasteiger partial charge in [-0.05, 0) is 43.4 Å². The monoisotopic (exact) mass is 313 g/mol. The minimum absolute atomic E-state index is 0.0409. The summed E-state index contributed by atoms with van der Waals surface area (Å²) in [4.78, 5) is 20.7. The van der Waals surface area contributed by atoms with Crippen molar-refractivity contribution in [2.45, 2.75) is 42.6 Å². The largest absolute Gasteiger partial charge is 0.348 e. The highest BCUT2D eigenvalue weighted by atomic mass is 32.2. The normalized spacial score (nSPS) is 18.3. The maximum atomic E-state index is 12.4. The van der Waals surface area contributed by atoms with Crippen molar-refractivity contribution in [1.29, 1.82) is 0 Å². The summed E-state index contributed by atoms with van der Waals surface area (Å²) in [5, 5.41) is 3.60. The zero-order valence-corrected chi connectivity index (χ0v) is 13.3. The lowest BCUT2D eigenvalue weighted by Gasteiger charge is -2.27. The third-order valence-corrected chi connectivity index (χ3v) is 4.87. The Morgan fingerprint density at radius 2 is 2.05 bits per heavy atom. The van der Waals surface area contributed by atoms with Crippen LogP contribution in [0.1, 0.15) is 36.9 Å². The maximum Gasteiger partial charge on any atom is 0.233 e. The zero-order chi connectivity index (χ0) is 15.4. The van der Waals surface area contributed by atoms with Crippen LogP contribution in [0.5, 0.6) is 0 Å². The SMILES string of the molecule is C[C@H](Sc1ncccn1)C(=O)N[C@@H]1CCCc2ccccc21. The van der Waals surface area contributed by atoms with Crippen molar-refractivity contribution in [2.24, 2.45) is 0 Å². The van der Waals surface area contributed by atoms with Gasteiger partial charge >= 0.3 is 0 Å². The summed E-state index contributed by atoms with van der Waals surface area (Å²) in [6.45, 7) is 1.89. The molecule has 1 aliphatic carbocycles. The fourth-order valence-corrected chi connectivity index (χ4v) is 3.49. The highest BCUT2D eigenvalue weighted by Gasteiger charge is 2.24. The molecule has 5 heteroatoms. The average Bonchev–Trinajstić information content (AvgIpc) is 2.56. The van der Waals surface area contributed by atoms with Gasteiger partial charge in [0, 0.05) is 12.4 Å². The third kappa shape index (κ3) is 3.47. The molecule has 0 aliphatic heterocycles. The number of benzene rings is 1. The first-order valence-electron chi connectivity index (χ1n) is 7.56. The summed E-state index contributed by atoms with van der Waals surface area (Å²) in [5.74, 6) is 0.0409. The predicted molar refractivity (Wildman–Crippen MR) is 87.6 cm³/mol. The Kier molecular flexibility index (Phi) is 4.73. The van der Waals surface area contributed by atoms with E-state index in [9.17, 15) is 4.79 Å². The Bertz CT molecular complexity index is 647. The predicted octanol–water partition coefficient (Wildman–Crippen LogP) is 3.15. The molecule has 1 heterocycles. The Labute approximate surface area is 134 Å². The van der Waals surface area contributed by atoms with E-state index in [1.165, 1.54) is 22.9 Å². The fourth-order valence-electron chi connectivity index (χ4n) is 2.75. The average molecular weight is 313 g/mol. The lowest BCUT2D eigenvalue weighted by atomic mass is 9.88. The Morgan fingerprint density at radius 3 is 2.86 bits per heavy atom. The second-order valence-corrected chi connectivity index (χ2v) is 6.75. The van der Waals surface area contributed by atoms with E-state index in [0.29, 0.717) is 5.16 Å². The molecule has 1 N–H and O–H groups in total. The molecule has 0 saturated heterocycles. The second kappa shape index (κ2) is 6.92. The van der Waals surface area contributed by atoms with Gasteiger partial charge in [0.05, 0.1) is 11.3 Å². The molecule has 0 fully saturated rings. The van der Waals surface area contributed by atoms with Crippen LogP contribution in [0, 0.1) is 0 Å². The van der Waals surface area contributed by atoms with Crippen LogP contribution in [0.4, 0.5) is 0 Å². The fraction of sp³-hybridized carbons (Fsp3) is 0.353. The summed E-state index contributed by atoms with van der Waals surface area (Å²) in [6.07, 6.45) is 6.60. The van der Waals surface area contributed by atoms with Gasteiger partial charge in [-0.25, -0.2) is 9.97 Å². The minimum Gasteiger partial charge on any atom is -0.348 e. The molecule has 1 aliphatic rings. The molecule has 4 nitrogen and oxygen atoms in total. The lowest BCUT2D eigenvalue weighted by molar-refractivity contribution is -0.121. The van der Waals surface area contributed by atoms with Gasteiger partial charge in [0.1, 0.15) is 0 Å². The number of nitrogens with zero attached hydrogens (tertiary/aromatic N) is 2. The Morgan fingerprint density at radius 1 is 1.27 bits per heavy atom. The number of rotatable bonds is 4. The standard InChI is InChI=1S/C17H19N3OS/c1-12(22-17-18-10-5-11-19-17)16(21)20-15-9-4-7-13-6-2-3-8-14(13)15/h2-3,5-6,8,10-12,15H,4,7,9H2,1H3,(H,20,21)/t12-,15+/m0/s1. The van der Waals surface area contributed by atoms with Crippen molar-refractivity contribution >= 4 is 17.7 Å². The molecule has 3 rings (SSSR count). The van der Waals surface area contributed by atoms with Gasteiger partial charge in [-0.15, -0.1) is 0 Å². The zero-order valence-electron chi connectivity index (χ0n) is 12.5. The van der Waals surface area contributed by atoms with Crippen LogP contribution in [0.2, 0.25) is 0 Å². The number of nitrogens with one attached hydrogen (secondary N) is 1. The highest BCUT2D eigenvalue weighted by molar-refractivity contribution is 8.00. The van der Waals surface area contributed by atoms with Crippen LogP contribution in [-0.4, -0.2) is 21.1 Å². The van der Waals surface area contributed by atoms with Crippen LogP contribution >= 0.6 is 11.8 Å². The molecule has 0 spiro atoms. The third-order valence-electron chi connectivity index (χ3n) is 3.88. The van der Waals surface area contributed by atoms with Gasteiger partial charge in [-0.2, -0.15) is 0 Å². The molecular formula is C17H19N3OS. The number of aryl methyl sites for hydroxylation is 1. The molecule has 0 saturated carbocycles. The molecule has 1 aromatic carbocycles. The second-order valence-electron chi connectivity index (χ2n) is 5.44. The number of thioether (sulfide) groups is 1. The summed E-state index contributed by atoms with van der Waals surface area (Å²) in [5.41, 5.74) is 2.61. The van der Waals surface area contributed by atoms with Gasteiger partial charge in [0.2, 0.25) is 5.91 Å². The Balaban J connectivity index is 1.65. The van der Waals surface area contributed by atoms with E-state index >= 15 is 0 Å². The van der Waals surface area contributed by atoms with E-state index in [2.05, 4.69) is 33.5 Å². The van der Waals surface area contributed by atoms with Crippen molar-refractivity contribution in [2.75, 3.05) is 0 Å². The van der Waals surface area contributed by atoms with Crippen LogP contribution in [0.15, 0.2) is 47.9 Å². The van der Waals surface area contributed by atoms with Crippen molar-refractivity contribution in [1.82, 2.24) is 15.3 Å². The molecule has 0 bridgehead atoms. The number of aromatic nitrogens is 2. The smallest absolute Gasteiger partial charge is 0.233 e. The van der Waals surface area contributed by atoms with Crippen molar-refractivity contribution in [3.05, 3.63) is 53.9 Å². The highest BCUT2D eigenvalue weighted by Crippen LogP contribution is 2.30. The molecule has 22 heavy (non-hydrogen) atoms. The number of amides is 1. The van der Waals surface area contributed by atoms with Gasteiger partial charge in [-0.3, -0.25) is 4.79 Å². The summed E-state index contributed by atoms with van der Waals surface area (Å²) >= 11 is 1.39. The van der Waals surface area contributed by atoms with Gasteiger partial charge in [-0.1, -0.05) is 36.0 Å². The number of carbonyl (C=O) groups is 1. The maximum absolute atomic E-state index is 12.4. The van der Waals surface area contributed by atoms with E-state index in [1.807, 2.05) is 13.0 Å². The van der Waals surface area contributed by atoms with Crippen LogP contribution < -0.4 is 5.32 Å². The molecule has 2 aromatic rings. The molecule has 114 valence electrons. The van der Waals surface area contributed by atoms with Gasteiger partial charge < -0.3 is 5.32 Å². The quantitative estimate of drug-likeness (QED) is 0.696. The molecule has 1 aromatic heterocycles. The van der Waals surface area contributed by atoms with E-state index < -0.39 is 0 Å². The van der Waals surface area contributed by atoms with Gasteiger partial charge in [0.25, 0.3) is 0 Å². The van der Waals surface area contributed by atoms with Crippen molar-refractivity contribution in [3.8, 4) is 0 Å². The van der Waals surface area contributed by atoms with Crippen LogP contribution in [-0.2, 0) is 11.2 Å². The van der Waals surface area contributed by atoms with E-state index in [1.54, 1.807) is 18.5 Å². The van der Waals surface area contributed by atoms with Crippen LogP contribution in [0.25, 0.3) is 0 Å². The topological polar surface area (TPSA) is 54.9 Å². The first-order chi connectivity index (χ1) is 10.7. The molecular weight excluding hydrogens is 294 g/mol. The first kappa shape index (κ1) is 15.0. The number of hydrogen-bond donors (Lipinski definition) is 1. The van der Waals surface area contributed by atoms with Crippen molar-refractivity contribution < 1.29 is 4.79 Å². The van der Waals surface area contributed by atoms with Crippen LogP contribution in [0.3, 0.4) is 0 Å². The number of fused-ring (bicyclic) bond motifs is 1. The number of carbonyl (C=O) groups excluding carboxylic acids is 1. The van der Waals surface area contributed by atoms with Gasteiger partial charge in [0.15, 0.2) is 5.16 Å². The lowest BCUT2D eigenvalue weighted by Crippen LogP contribution is -2.36.